The summed E-state index contributed by atoms with van der Waals surface area (Å²) in [6, 6.07) is 13.6. The lowest BCUT2D eigenvalue weighted by atomic mass is 9.85. The lowest BCUT2D eigenvalue weighted by Gasteiger charge is -2.29. The number of aromatic nitrogens is 4. The molecule has 1 amide bonds. The lowest BCUT2D eigenvalue weighted by Crippen LogP contribution is -2.39. The van der Waals surface area contributed by atoms with Crippen molar-refractivity contribution < 1.29 is 4.79 Å². The highest BCUT2D eigenvalue weighted by Gasteiger charge is 2.25. The Bertz CT molecular complexity index is 1400. The molecule has 0 atom stereocenters. The number of imidazole rings is 1. The van der Waals surface area contributed by atoms with Crippen LogP contribution in [0.15, 0.2) is 65.8 Å². The van der Waals surface area contributed by atoms with Crippen molar-refractivity contribution in [3.8, 4) is 0 Å². The topological polar surface area (TPSA) is 81.8 Å². The van der Waals surface area contributed by atoms with Crippen molar-refractivity contribution in [3.05, 3.63) is 93.4 Å². The normalized spacial score (nSPS) is 18.0. The van der Waals surface area contributed by atoms with E-state index in [1.165, 1.54) is 0 Å². The molecule has 4 aromatic rings. The predicted octanol–water partition coefficient (Wildman–Crippen LogP) is 4.59. The first-order valence-corrected chi connectivity index (χ1v) is 12.4. The Morgan fingerprint density at radius 2 is 1.74 bits per heavy atom. The molecule has 1 N–H and O–H groups in total. The first kappa shape index (κ1) is 23.3. The number of pyridine rings is 2. The Labute approximate surface area is 208 Å². The zero-order chi connectivity index (χ0) is 24.4. The third-order valence-electron chi connectivity index (χ3n) is 6.94. The number of hydrogen-bond donors (Lipinski definition) is 1. The molecule has 0 unspecified atom stereocenters. The van der Waals surface area contributed by atoms with Gasteiger partial charge in [0.05, 0.1) is 33.9 Å². The molecule has 0 bridgehead atoms. The minimum absolute atomic E-state index is 0.0161. The summed E-state index contributed by atoms with van der Waals surface area (Å²) in [6.07, 6.45) is 8.72. The van der Waals surface area contributed by atoms with Gasteiger partial charge < -0.3 is 5.32 Å². The van der Waals surface area contributed by atoms with Crippen LogP contribution in [-0.4, -0.2) is 31.1 Å². The minimum atomic E-state index is -0.128. The second-order valence-corrected chi connectivity index (χ2v) is 9.74. The van der Waals surface area contributed by atoms with E-state index in [1.807, 2.05) is 52.5 Å². The smallest absolute Gasteiger partial charge is 0.329 e. The number of carbonyl (C=O) groups is 1. The van der Waals surface area contributed by atoms with E-state index in [4.69, 9.17) is 11.6 Å². The van der Waals surface area contributed by atoms with Crippen LogP contribution in [-0.2, 0) is 13.1 Å². The van der Waals surface area contributed by atoms with Gasteiger partial charge in [0, 0.05) is 31.2 Å². The van der Waals surface area contributed by atoms with Gasteiger partial charge in [0.15, 0.2) is 0 Å². The van der Waals surface area contributed by atoms with Crippen molar-refractivity contribution in [3.63, 3.8) is 0 Å². The number of nitrogens with one attached hydrogen (secondary N) is 1. The molecule has 1 aliphatic carbocycles. The van der Waals surface area contributed by atoms with Gasteiger partial charge in [-0.05, 0) is 74.4 Å². The fourth-order valence-corrected chi connectivity index (χ4v) is 5.18. The first-order chi connectivity index (χ1) is 17.0. The molecule has 0 aliphatic heterocycles. The van der Waals surface area contributed by atoms with Gasteiger partial charge >= 0.3 is 5.69 Å². The molecular weight excluding hydrogens is 462 g/mol. The van der Waals surface area contributed by atoms with Crippen LogP contribution < -0.4 is 11.0 Å². The average molecular weight is 490 g/mol. The number of rotatable bonds is 6. The molecule has 180 valence electrons. The van der Waals surface area contributed by atoms with Crippen LogP contribution >= 0.6 is 11.6 Å². The van der Waals surface area contributed by atoms with Gasteiger partial charge in [0.25, 0.3) is 5.91 Å². The summed E-state index contributed by atoms with van der Waals surface area (Å²) in [5, 5.41) is 3.60. The van der Waals surface area contributed by atoms with Crippen molar-refractivity contribution in [2.45, 2.75) is 51.7 Å². The quantitative estimate of drug-likeness (QED) is 0.429. The largest absolute Gasteiger partial charge is 0.349 e. The summed E-state index contributed by atoms with van der Waals surface area (Å²) in [4.78, 5) is 34.4. The molecule has 0 spiro atoms. The zero-order valence-electron chi connectivity index (χ0n) is 19.7. The first-order valence-electron chi connectivity index (χ1n) is 12.0. The summed E-state index contributed by atoms with van der Waals surface area (Å²) >= 11 is 6.03. The number of aryl methyl sites for hydroxylation is 1. The summed E-state index contributed by atoms with van der Waals surface area (Å²) in [5.74, 6) is 0.256. The number of amides is 1. The van der Waals surface area contributed by atoms with E-state index in [0.29, 0.717) is 35.3 Å². The van der Waals surface area contributed by atoms with Crippen LogP contribution in [0.25, 0.3) is 11.0 Å². The van der Waals surface area contributed by atoms with E-state index >= 15 is 0 Å². The number of carbonyl (C=O) groups excluding carboxylic acids is 1. The lowest BCUT2D eigenvalue weighted by molar-refractivity contribution is 0.0919. The van der Waals surface area contributed by atoms with E-state index < -0.39 is 0 Å². The van der Waals surface area contributed by atoms with Crippen molar-refractivity contribution in [2.24, 2.45) is 5.92 Å². The van der Waals surface area contributed by atoms with Crippen molar-refractivity contribution in [2.75, 3.05) is 0 Å². The zero-order valence-corrected chi connectivity index (χ0v) is 20.4. The highest BCUT2D eigenvalue weighted by molar-refractivity contribution is 6.30. The monoisotopic (exact) mass is 489 g/mol. The Balaban J connectivity index is 1.27. The van der Waals surface area contributed by atoms with Gasteiger partial charge in [-0.1, -0.05) is 23.7 Å². The minimum Gasteiger partial charge on any atom is -0.349 e. The van der Waals surface area contributed by atoms with E-state index in [1.54, 1.807) is 24.7 Å². The van der Waals surface area contributed by atoms with E-state index in [2.05, 4.69) is 15.3 Å². The fourth-order valence-electron chi connectivity index (χ4n) is 5.02. The van der Waals surface area contributed by atoms with E-state index in [-0.39, 0.29) is 17.6 Å². The van der Waals surface area contributed by atoms with Crippen LogP contribution in [0.2, 0.25) is 5.02 Å². The molecule has 5 rings (SSSR count). The molecule has 7 nitrogen and oxygen atoms in total. The van der Waals surface area contributed by atoms with Crippen LogP contribution in [0.5, 0.6) is 0 Å². The van der Waals surface area contributed by atoms with Crippen molar-refractivity contribution >= 4 is 28.5 Å². The number of halogens is 1. The second-order valence-electron chi connectivity index (χ2n) is 9.30. The summed E-state index contributed by atoms with van der Waals surface area (Å²) in [6.45, 7) is 3.01. The van der Waals surface area contributed by atoms with Gasteiger partial charge in [-0.3, -0.25) is 23.9 Å². The molecule has 1 aromatic carbocycles. The SMILES string of the molecule is Cc1ncc(Cl)cc1C(=O)NC1CCC(Cn2c(=O)n(Cc3ccncc3)c3ccccc32)CC1. The van der Waals surface area contributed by atoms with Crippen LogP contribution in [0, 0.1) is 12.8 Å². The molecule has 1 fully saturated rings. The Hall–Kier alpha value is -3.45. The second kappa shape index (κ2) is 10.0. The number of benzene rings is 1. The average Bonchev–Trinajstić information content (AvgIpc) is 3.13. The molecule has 3 aromatic heterocycles. The van der Waals surface area contributed by atoms with Crippen molar-refractivity contribution in [1.82, 2.24) is 24.4 Å². The molecule has 1 saturated carbocycles. The van der Waals surface area contributed by atoms with Gasteiger partial charge in [-0.2, -0.15) is 0 Å². The van der Waals surface area contributed by atoms with Crippen LogP contribution in [0.4, 0.5) is 0 Å². The maximum Gasteiger partial charge on any atom is 0.329 e. The maximum absolute atomic E-state index is 13.4. The molecule has 3 heterocycles. The van der Waals surface area contributed by atoms with Gasteiger partial charge in [-0.15, -0.1) is 0 Å². The Morgan fingerprint density at radius 3 is 2.46 bits per heavy atom. The molecule has 0 saturated heterocycles. The van der Waals surface area contributed by atoms with Crippen LogP contribution in [0.3, 0.4) is 0 Å². The molecular formula is C27H28ClN5O2. The molecule has 35 heavy (non-hydrogen) atoms. The van der Waals surface area contributed by atoms with Gasteiger partial charge in [-0.25, -0.2) is 4.79 Å². The summed E-state index contributed by atoms with van der Waals surface area (Å²) in [5.41, 5.74) is 4.16. The van der Waals surface area contributed by atoms with Crippen LogP contribution in [0.1, 0.15) is 47.3 Å². The summed E-state index contributed by atoms with van der Waals surface area (Å²) < 4.78 is 3.76. The number of para-hydroxylation sites is 2. The number of nitrogens with zero attached hydrogens (tertiary/aromatic N) is 4. The fraction of sp³-hybridized carbons (Fsp3) is 0.333. The van der Waals surface area contributed by atoms with E-state index in [0.717, 1.165) is 42.3 Å². The Morgan fingerprint density at radius 1 is 1.06 bits per heavy atom. The number of hydrogen-bond acceptors (Lipinski definition) is 4. The molecule has 1 aliphatic rings. The van der Waals surface area contributed by atoms with Gasteiger partial charge in [0.2, 0.25) is 0 Å². The standard InChI is InChI=1S/C27H28ClN5O2/c1-18-23(14-21(28)15-30-18)26(34)31-22-8-6-19(7-9-22)16-32-24-4-2-3-5-25(24)33(27(32)35)17-20-10-12-29-13-11-20/h2-5,10-15,19,22H,6-9,16-17H2,1H3,(H,31,34). The van der Waals surface area contributed by atoms with E-state index in [9.17, 15) is 9.59 Å². The summed E-state index contributed by atoms with van der Waals surface area (Å²) in [7, 11) is 0. The molecule has 0 radical (unpaired) electrons. The highest BCUT2D eigenvalue weighted by Crippen LogP contribution is 2.27. The number of fused-ring (bicyclic) bond motifs is 1. The Kier molecular flexibility index (Phi) is 6.68. The van der Waals surface area contributed by atoms with Gasteiger partial charge in [0.1, 0.15) is 0 Å². The predicted molar refractivity (Wildman–Crippen MR) is 137 cm³/mol. The van der Waals surface area contributed by atoms with Crippen molar-refractivity contribution in [1.29, 1.82) is 0 Å². The molecule has 8 heteroatoms. The highest BCUT2D eigenvalue weighted by atomic mass is 35.5. The third kappa shape index (κ3) is 5.00. The third-order valence-corrected chi connectivity index (χ3v) is 7.14. The maximum atomic E-state index is 13.4.